The quantitative estimate of drug-likeness (QED) is 0.870. The Morgan fingerprint density at radius 3 is 3.10 bits per heavy atom. The molecule has 4 nitrogen and oxygen atoms in total. The Labute approximate surface area is 124 Å². The first-order valence-corrected chi connectivity index (χ1v) is 7.56. The molecule has 0 atom stereocenters. The standard InChI is InChI=1S/C17H20N2O2/c1-12-19-15-8-7-14(11-16(15)21-12)17(20)18-10-9-13-5-3-2-4-6-13/h5,7-8,11H,2-4,6,9-10H2,1H3,(H,18,20). The highest BCUT2D eigenvalue weighted by molar-refractivity contribution is 5.97. The number of benzene rings is 1. The number of carbonyl (C=O) groups excluding carboxylic acids is 1. The number of aryl methyl sites for hydroxylation is 1. The van der Waals surface area contributed by atoms with Gasteiger partial charge in [0.25, 0.3) is 5.91 Å². The third-order valence-corrected chi connectivity index (χ3v) is 3.87. The van der Waals surface area contributed by atoms with E-state index in [2.05, 4.69) is 16.4 Å². The first kappa shape index (κ1) is 13.9. The predicted octanol–water partition coefficient (Wildman–Crippen LogP) is 3.76. The molecule has 0 bridgehead atoms. The summed E-state index contributed by atoms with van der Waals surface area (Å²) in [4.78, 5) is 16.4. The first-order chi connectivity index (χ1) is 10.2. The lowest BCUT2D eigenvalue weighted by atomic mass is 9.97. The Balaban J connectivity index is 1.59. The number of nitrogens with zero attached hydrogens (tertiary/aromatic N) is 1. The van der Waals surface area contributed by atoms with Gasteiger partial charge in [0, 0.05) is 19.0 Å². The minimum atomic E-state index is -0.0534. The van der Waals surface area contributed by atoms with Gasteiger partial charge in [0.2, 0.25) is 0 Å². The maximum atomic E-state index is 12.1. The zero-order chi connectivity index (χ0) is 14.7. The van der Waals surface area contributed by atoms with Crippen LogP contribution in [0.2, 0.25) is 0 Å². The van der Waals surface area contributed by atoms with Gasteiger partial charge in [0.05, 0.1) is 0 Å². The fourth-order valence-corrected chi connectivity index (χ4v) is 2.75. The monoisotopic (exact) mass is 284 g/mol. The number of nitrogens with one attached hydrogen (secondary N) is 1. The molecule has 1 amide bonds. The molecule has 1 aromatic heterocycles. The van der Waals surface area contributed by atoms with Gasteiger partial charge in [0.1, 0.15) is 5.52 Å². The third kappa shape index (κ3) is 3.32. The second kappa shape index (κ2) is 6.12. The molecule has 1 aromatic carbocycles. The van der Waals surface area contributed by atoms with Crippen molar-refractivity contribution >= 4 is 17.0 Å². The predicted molar refractivity (Wildman–Crippen MR) is 82.2 cm³/mol. The molecule has 1 aliphatic carbocycles. The summed E-state index contributed by atoms with van der Waals surface area (Å²) in [5, 5.41) is 2.98. The van der Waals surface area contributed by atoms with Gasteiger partial charge >= 0.3 is 0 Å². The van der Waals surface area contributed by atoms with Gasteiger partial charge in [-0.05, 0) is 50.3 Å². The second-order valence-corrected chi connectivity index (χ2v) is 5.53. The number of carbonyl (C=O) groups is 1. The van der Waals surface area contributed by atoms with Gasteiger partial charge in [-0.3, -0.25) is 4.79 Å². The molecule has 110 valence electrons. The van der Waals surface area contributed by atoms with Crippen LogP contribution in [0.5, 0.6) is 0 Å². The summed E-state index contributed by atoms with van der Waals surface area (Å²) < 4.78 is 5.46. The van der Waals surface area contributed by atoms with E-state index in [4.69, 9.17) is 4.42 Å². The van der Waals surface area contributed by atoms with Gasteiger partial charge in [-0.25, -0.2) is 4.98 Å². The topological polar surface area (TPSA) is 55.1 Å². The van der Waals surface area contributed by atoms with Crippen molar-refractivity contribution in [3.8, 4) is 0 Å². The molecule has 0 unspecified atom stereocenters. The summed E-state index contributed by atoms with van der Waals surface area (Å²) in [6.45, 7) is 2.50. The smallest absolute Gasteiger partial charge is 0.251 e. The van der Waals surface area contributed by atoms with E-state index >= 15 is 0 Å². The minimum Gasteiger partial charge on any atom is -0.441 e. The molecular formula is C17H20N2O2. The Morgan fingerprint density at radius 1 is 1.38 bits per heavy atom. The first-order valence-electron chi connectivity index (χ1n) is 7.56. The molecule has 0 aliphatic heterocycles. The van der Waals surface area contributed by atoms with Gasteiger partial charge in [0.15, 0.2) is 11.5 Å². The number of aromatic nitrogens is 1. The SMILES string of the molecule is Cc1nc2ccc(C(=O)NCCC3=CCCCC3)cc2o1. The summed E-state index contributed by atoms with van der Waals surface area (Å²) in [7, 11) is 0. The number of allylic oxidation sites excluding steroid dienone is 1. The molecule has 2 aromatic rings. The number of hydrogen-bond acceptors (Lipinski definition) is 3. The van der Waals surface area contributed by atoms with E-state index in [1.165, 1.54) is 31.3 Å². The molecule has 1 N–H and O–H groups in total. The summed E-state index contributed by atoms with van der Waals surface area (Å²) in [6.07, 6.45) is 8.21. The van der Waals surface area contributed by atoms with E-state index in [0.717, 1.165) is 11.9 Å². The summed E-state index contributed by atoms with van der Waals surface area (Å²) in [5.74, 6) is 0.564. The largest absolute Gasteiger partial charge is 0.441 e. The summed E-state index contributed by atoms with van der Waals surface area (Å²) in [6, 6.07) is 5.37. The third-order valence-electron chi connectivity index (χ3n) is 3.87. The zero-order valence-corrected chi connectivity index (χ0v) is 12.3. The van der Waals surface area contributed by atoms with Crippen LogP contribution in [0.25, 0.3) is 11.1 Å². The minimum absolute atomic E-state index is 0.0534. The normalized spacial score (nSPS) is 15.0. The van der Waals surface area contributed by atoms with Crippen molar-refractivity contribution in [3.63, 3.8) is 0 Å². The highest BCUT2D eigenvalue weighted by atomic mass is 16.3. The van der Waals surface area contributed by atoms with Gasteiger partial charge in [-0.2, -0.15) is 0 Å². The van der Waals surface area contributed by atoms with Crippen molar-refractivity contribution < 1.29 is 9.21 Å². The molecular weight excluding hydrogens is 264 g/mol. The van der Waals surface area contributed by atoms with E-state index < -0.39 is 0 Å². The zero-order valence-electron chi connectivity index (χ0n) is 12.3. The van der Waals surface area contributed by atoms with Crippen LogP contribution >= 0.6 is 0 Å². The summed E-state index contributed by atoms with van der Waals surface area (Å²) in [5.41, 5.74) is 3.55. The maximum Gasteiger partial charge on any atom is 0.251 e. The molecule has 0 radical (unpaired) electrons. The van der Waals surface area contributed by atoms with Crippen molar-refractivity contribution in [2.45, 2.75) is 39.0 Å². The number of fused-ring (bicyclic) bond motifs is 1. The fraction of sp³-hybridized carbons (Fsp3) is 0.412. The Bertz CT molecular complexity index is 685. The summed E-state index contributed by atoms with van der Waals surface area (Å²) >= 11 is 0. The van der Waals surface area contributed by atoms with Gasteiger partial charge in [-0.15, -0.1) is 0 Å². The van der Waals surface area contributed by atoms with Crippen LogP contribution in [0, 0.1) is 6.92 Å². The van der Waals surface area contributed by atoms with Crippen LogP contribution in [-0.4, -0.2) is 17.4 Å². The second-order valence-electron chi connectivity index (χ2n) is 5.53. The Morgan fingerprint density at radius 2 is 2.29 bits per heavy atom. The van der Waals surface area contributed by atoms with Crippen molar-refractivity contribution in [1.29, 1.82) is 0 Å². The van der Waals surface area contributed by atoms with Crippen LogP contribution in [0.4, 0.5) is 0 Å². The van der Waals surface area contributed by atoms with Crippen molar-refractivity contribution in [2.24, 2.45) is 0 Å². The molecule has 0 saturated heterocycles. The number of rotatable bonds is 4. The lowest BCUT2D eigenvalue weighted by Gasteiger charge is -2.12. The molecule has 1 aliphatic rings. The van der Waals surface area contributed by atoms with Gasteiger partial charge in [-0.1, -0.05) is 11.6 Å². The lowest BCUT2D eigenvalue weighted by Crippen LogP contribution is -2.24. The highest BCUT2D eigenvalue weighted by Crippen LogP contribution is 2.20. The number of oxazole rings is 1. The molecule has 0 fully saturated rings. The lowest BCUT2D eigenvalue weighted by molar-refractivity contribution is 0.0954. The van der Waals surface area contributed by atoms with E-state index in [9.17, 15) is 4.79 Å². The Kier molecular flexibility index (Phi) is 4.04. The van der Waals surface area contributed by atoms with Crippen molar-refractivity contribution in [1.82, 2.24) is 10.3 Å². The number of hydrogen-bond donors (Lipinski definition) is 1. The van der Waals surface area contributed by atoms with E-state index in [1.54, 1.807) is 19.1 Å². The molecule has 0 saturated carbocycles. The van der Waals surface area contributed by atoms with Crippen molar-refractivity contribution in [2.75, 3.05) is 6.54 Å². The van der Waals surface area contributed by atoms with E-state index in [0.29, 0.717) is 23.6 Å². The van der Waals surface area contributed by atoms with E-state index in [1.807, 2.05) is 6.07 Å². The highest BCUT2D eigenvalue weighted by Gasteiger charge is 2.10. The average molecular weight is 284 g/mol. The average Bonchev–Trinajstić information content (AvgIpc) is 2.87. The van der Waals surface area contributed by atoms with Gasteiger partial charge < -0.3 is 9.73 Å². The fourth-order valence-electron chi connectivity index (χ4n) is 2.75. The molecule has 3 rings (SSSR count). The number of amides is 1. The van der Waals surface area contributed by atoms with E-state index in [-0.39, 0.29) is 5.91 Å². The molecule has 21 heavy (non-hydrogen) atoms. The van der Waals surface area contributed by atoms with Crippen LogP contribution < -0.4 is 5.32 Å². The van der Waals surface area contributed by atoms with Crippen LogP contribution in [0.3, 0.4) is 0 Å². The molecule has 1 heterocycles. The molecule has 4 heteroatoms. The van der Waals surface area contributed by atoms with Crippen LogP contribution in [0.15, 0.2) is 34.3 Å². The Hall–Kier alpha value is -2.10. The maximum absolute atomic E-state index is 12.1. The van der Waals surface area contributed by atoms with Crippen molar-refractivity contribution in [3.05, 3.63) is 41.3 Å². The molecule has 0 spiro atoms. The van der Waals surface area contributed by atoms with Crippen LogP contribution in [-0.2, 0) is 0 Å². The van der Waals surface area contributed by atoms with Crippen LogP contribution in [0.1, 0.15) is 48.4 Å².